The largest absolute Gasteiger partial charge is 0.383 e. The zero-order valence-electron chi connectivity index (χ0n) is 13.1. The van der Waals surface area contributed by atoms with Crippen molar-refractivity contribution in [3.8, 4) is 0 Å². The number of methoxy groups -OCH3 is 1. The van der Waals surface area contributed by atoms with E-state index in [4.69, 9.17) is 4.74 Å². The van der Waals surface area contributed by atoms with Crippen LogP contribution in [0.3, 0.4) is 0 Å². The second kappa shape index (κ2) is 7.43. The van der Waals surface area contributed by atoms with Crippen LogP contribution in [0.5, 0.6) is 0 Å². The van der Waals surface area contributed by atoms with Gasteiger partial charge in [-0.15, -0.1) is 11.3 Å². The molecule has 0 atom stereocenters. The molecule has 0 saturated carbocycles. The average molecular weight is 332 g/mol. The quantitative estimate of drug-likeness (QED) is 0.916. The number of urea groups is 1. The van der Waals surface area contributed by atoms with E-state index in [2.05, 4.69) is 34.0 Å². The SMILES string of the molecule is COCCn1ccc(NC(=O)N2CC=C(c3cccs3)CC2)n1. The Morgan fingerprint density at radius 1 is 1.48 bits per heavy atom. The van der Waals surface area contributed by atoms with Gasteiger partial charge in [-0.2, -0.15) is 5.10 Å². The number of hydrogen-bond acceptors (Lipinski definition) is 4. The highest BCUT2D eigenvalue weighted by Crippen LogP contribution is 2.26. The predicted molar refractivity (Wildman–Crippen MR) is 91.6 cm³/mol. The summed E-state index contributed by atoms with van der Waals surface area (Å²) in [6, 6.07) is 5.87. The normalized spacial score (nSPS) is 14.7. The van der Waals surface area contributed by atoms with E-state index in [1.165, 1.54) is 10.5 Å². The molecular formula is C16H20N4O2S. The second-order valence-electron chi connectivity index (χ2n) is 5.29. The molecule has 3 rings (SSSR count). The fourth-order valence-electron chi connectivity index (χ4n) is 2.46. The van der Waals surface area contributed by atoms with Gasteiger partial charge in [0.25, 0.3) is 0 Å². The number of rotatable bonds is 5. The molecule has 0 aromatic carbocycles. The minimum atomic E-state index is -0.108. The van der Waals surface area contributed by atoms with E-state index >= 15 is 0 Å². The molecule has 0 radical (unpaired) electrons. The summed E-state index contributed by atoms with van der Waals surface area (Å²) in [4.78, 5) is 15.4. The number of nitrogens with zero attached hydrogens (tertiary/aromatic N) is 3. The van der Waals surface area contributed by atoms with Crippen LogP contribution < -0.4 is 5.32 Å². The maximum atomic E-state index is 12.3. The standard InChI is InChI=1S/C16H20N4O2S/c1-22-11-10-20-9-6-15(18-20)17-16(21)19-7-4-13(5-8-19)14-3-2-12-23-14/h2-4,6,9,12H,5,7-8,10-11H2,1H3,(H,17,18,21). The number of anilines is 1. The van der Waals surface area contributed by atoms with Crippen molar-refractivity contribution in [2.24, 2.45) is 0 Å². The summed E-state index contributed by atoms with van der Waals surface area (Å²) < 4.78 is 6.76. The zero-order chi connectivity index (χ0) is 16.1. The highest BCUT2D eigenvalue weighted by atomic mass is 32.1. The molecule has 0 fully saturated rings. The Morgan fingerprint density at radius 3 is 3.09 bits per heavy atom. The number of carbonyl (C=O) groups is 1. The number of nitrogens with one attached hydrogen (secondary N) is 1. The van der Waals surface area contributed by atoms with Gasteiger partial charge in [0, 0.05) is 37.3 Å². The van der Waals surface area contributed by atoms with Gasteiger partial charge >= 0.3 is 6.03 Å². The molecule has 2 amide bonds. The lowest BCUT2D eigenvalue weighted by Crippen LogP contribution is -2.38. The first-order chi connectivity index (χ1) is 11.3. The highest BCUT2D eigenvalue weighted by molar-refractivity contribution is 7.11. The first kappa shape index (κ1) is 15.8. The van der Waals surface area contributed by atoms with Crippen molar-refractivity contribution in [3.63, 3.8) is 0 Å². The second-order valence-corrected chi connectivity index (χ2v) is 6.24. The molecule has 0 unspecified atom stereocenters. The first-order valence-corrected chi connectivity index (χ1v) is 8.45. The van der Waals surface area contributed by atoms with Crippen LogP contribution >= 0.6 is 11.3 Å². The number of amides is 2. The van der Waals surface area contributed by atoms with E-state index in [-0.39, 0.29) is 6.03 Å². The van der Waals surface area contributed by atoms with Crippen molar-refractivity contribution in [2.75, 3.05) is 32.1 Å². The lowest BCUT2D eigenvalue weighted by Gasteiger charge is -2.26. The molecule has 23 heavy (non-hydrogen) atoms. The van der Waals surface area contributed by atoms with E-state index in [0.29, 0.717) is 25.5 Å². The molecule has 0 saturated heterocycles. The van der Waals surface area contributed by atoms with Crippen LogP contribution in [-0.2, 0) is 11.3 Å². The Labute approximate surface area is 139 Å². The van der Waals surface area contributed by atoms with Crippen molar-refractivity contribution < 1.29 is 9.53 Å². The topological polar surface area (TPSA) is 59.4 Å². The average Bonchev–Trinajstić information content (AvgIpc) is 3.25. The summed E-state index contributed by atoms with van der Waals surface area (Å²) in [5.41, 5.74) is 1.33. The predicted octanol–water partition coefficient (Wildman–Crippen LogP) is 2.91. The lowest BCUT2D eigenvalue weighted by atomic mass is 10.1. The van der Waals surface area contributed by atoms with Gasteiger partial charge in [0.15, 0.2) is 5.82 Å². The summed E-state index contributed by atoms with van der Waals surface area (Å²) in [5.74, 6) is 0.569. The lowest BCUT2D eigenvalue weighted by molar-refractivity contribution is 0.183. The smallest absolute Gasteiger partial charge is 0.323 e. The monoisotopic (exact) mass is 332 g/mol. The van der Waals surface area contributed by atoms with Crippen LogP contribution in [0.1, 0.15) is 11.3 Å². The number of ether oxygens (including phenoxy) is 1. The number of carbonyl (C=O) groups excluding carboxylic acids is 1. The third-order valence-electron chi connectivity index (χ3n) is 3.73. The van der Waals surface area contributed by atoms with Gasteiger partial charge in [0.1, 0.15) is 0 Å². The molecular weight excluding hydrogens is 312 g/mol. The number of thiophene rings is 1. The summed E-state index contributed by atoms with van der Waals surface area (Å²) >= 11 is 1.74. The van der Waals surface area contributed by atoms with Crippen LogP contribution in [-0.4, -0.2) is 47.5 Å². The van der Waals surface area contributed by atoms with Crippen molar-refractivity contribution in [1.29, 1.82) is 0 Å². The first-order valence-electron chi connectivity index (χ1n) is 7.57. The molecule has 0 spiro atoms. The summed E-state index contributed by atoms with van der Waals surface area (Å²) in [7, 11) is 1.65. The minimum absolute atomic E-state index is 0.108. The fraction of sp³-hybridized carbons (Fsp3) is 0.375. The van der Waals surface area contributed by atoms with E-state index in [1.807, 2.05) is 6.20 Å². The van der Waals surface area contributed by atoms with Crippen molar-refractivity contribution in [1.82, 2.24) is 14.7 Å². The fourth-order valence-corrected chi connectivity index (χ4v) is 3.26. The van der Waals surface area contributed by atoms with E-state index in [9.17, 15) is 4.79 Å². The maximum Gasteiger partial charge on any atom is 0.323 e. The Balaban J connectivity index is 1.54. The van der Waals surface area contributed by atoms with Gasteiger partial charge in [0.05, 0.1) is 13.2 Å². The molecule has 1 aliphatic rings. The Morgan fingerprint density at radius 2 is 2.39 bits per heavy atom. The minimum Gasteiger partial charge on any atom is -0.383 e. The van der Waals surface area contributed by atoms with Gasteiger partial charge in [0.2, 0.25) is 0 Å². The molecule has 3 heterocycles. The summed E-state index contributed by atoms with van der Waals surface area (Å²) in [6.45, 7) is 2.61. The van der Waals surface area contributed by atoms with Gasteiger partial charge in [-0.3, -0.25) is 10.00 Å². The molecule has 122 valence electrons. The summed E-state index contributed by atoms with van der Waals surface area (Å²) in [6.07, 6.45) is 4.85. The van der Waals surface area contributed by atoms with Crippen LogP contribution in [0.25, 0.3) is 5.57 Å². The third kappa shape index (κ3) is 4.00. The Hall–Kier alpha value is -2.12. The van der Waals surface area contributed by atoms with Crippen LogP contribution in [0, 0.1) is 0 Å². The Bertz CT molecular complexity index is 678. The van der Waals surface area contributed by atoms with Crippen LogP contribution in [0.15, 0.2) is 35.9 Å². The zero-order valence-corrected chi connectivity index (χ0v) is 13.9. The van der Waals surface area contributed by atoms with Crippen LogP contribution in [0.4, 0.5) is 10.6 Å². The van der Waals surface area contributed by atoms with Gasteiger partial charge in [-0.25, -0.2) is 4.79 Å². The molecule has 0 bridgehead atoms. The Kier molecular flexibility index (Phi) is 5.09. The van der Waals surface area contributed by atoms with Crippen molar-refractivity contribution >= 4 is 28.8 Å². The van der Waals surface area contributed by atoms with Crippen molar-refractivity contribution in [2.45, 2.75) is 13.0 Å². The van der Waals surface area contributed by atoms with E-state index in [0.717, 1.165) is 13.0 Å². The van der Waals surface area contributed by atoms with Crippen molar-refractivity contribution in [3.05, 3.63) is 40.7 Å². The number of aromatic nitrogens is 2. The summed E-state index contributed by atoms with van der Waals surface area (Å²) in [5, 5.41) is 9.23. The highest BCUT2D eigenvalue weighted by Gasteiger charge is 2.18. The molecule has 1 N–H and O–H groups in total. The van der Waals surface area contributed by atoms with Gasteiger partial charge in [-0.1, -0.05) is 12.1 Å². The van der Waals surface area contributed by atoms with Gasteiger partial charge < -0.3 is 9.64 Å². The van der Waals surface area contributed by atoms with Crippen LogP contribution in [0.2, 0.25) is 0 Å². The molecule has 7 heteroatoms. The molecule has 2 aromatic rings. The van der Waals surface area contributed by atoms with Gasteiger partial charge in [-0.05, 0) is 23.4 Å². The number of hydrogen-bond donors (Lipinski definition) is 1. The third-order valence-corrected chi connectivity index (χ3v) is 4.68. The van der Waals surface area contributed by atoms with E-state index in [1.54, 1.807) is 34.1 Å². The molecule has 1 aliphatic heterocycles. The molecule has 6 nitrogen and oxygen atoms in total. The molecule has 2 aromatic heterocycles. The molecule has 0 aliphatic carbocycles. The van der Waals surface area contributed by atoms with E-state index < -0.39 is 0 Å². The maximum absolute atomic E-state index is 12.3.